The zero-order valence-electron chi connectivity index (χ0n) is 15.8. The van der Waals surface area contributed by atoms with Crippen LogP contribution in [0.3, 0.4) is 0 Å². The minimum absolute atomic E-state index is 0.0789. The summed E-state index contributed by atoms with van der Waals surface area (Å²) in [5.41, 5.74) is 0.710. The maximum atomic E-state index is 12.7. The van der Waals surface area contributed by atoms with Crippen molar-refractivity contribution in [1.82, 2.24) is 29.5 Å². The van der Waals surface area contributed by atoms with Gasteiger partial charge in [-0.15, -0.1) is 10.2 Å². The molecule has 27 heavy (non-hydrogen) atoms. The van der Waals surface area contributed by atoms with E-state index < -0.39 is 0 Å². The summed E-state index contributed by atoms with van der Waals surface area (Å²) in [6.07, 6.45) is 7.02. The van der Waals surface area contributed by atoms with Gasteiger partial charge in [0.05, 0.1) is 18.2 Å². The summed E-state index contributed by atoms with van der Waals surface area (Å²) in [6, 6.07) is 1.82. The minimum Gasteiger partial charge on any atom is -0.393 e. The molecule has 8 heteroatoms. The molecule has 2 aromatic heterocycles. The second-order valence-corrected chi connectivity index (χ2v) is 7.73. The van der Waals surface area contributed by atoms with Crippen LogP contribution in [0.2, 0.25) is 0 Å². The molecule has 0 unspecified atom stereocenters. The lowest BCUT2D eigenvalue weighted by Gasteiger charge is -2.32. The lowest BCUT2D eigenvalue weighted by Crippen LogP contribution is -2.39. The van der Waals surface area contributed by atoms with Gasteiger partial charge in [-0.3, -0.25) is 9.69 Å². The normalized spacial score (nSPS) is 22.3. The van der Waals surface area contributed by atoms with Crippen LogP contribution in [-0.4, -0.2) is 72.8 Å². The van der Waals surface area contributed by atoms with Crippen LogP contribution in [0.25, 0.3) is 0 Å². The van der Waals surface area contributed by atoms with Crippen molar-refractivity contribution in [2.45, 2.75) is 44.2 Å². The van der Waals surface area contributed by atoms with Gasteiger partial charge >= 0.3 is 0 Å². The van der Waals surface area contributed by atoms with Gasteiger partial charge in [0.25, 0.3) is 5.91 Å². The topological polar surface area (TPSA) is 90.3 Å². The van der Waals surface area contributed by atoms with E-state index in [-0.39, 0.29) is 17.9 Å². The number of hydrogen-bond donors (Lipinski definition) is 2. The molecular formula is C19H28N6O2. The molecule has 2 N–H and O–H groups in total. The highest BCUT2D eigenvalue weighted by molar-refractivity contribution is 5.94. The Morgan fingerprint density at radius 3 is 2.81 bits per heavy atom. The van der Waals surface area contributed by atoms with E-state index >= 15 is 0 Å². The molecule has 2 aliphatic heterocycles. The summed E-state index contributed by atoms with van der Waals surface area (Å²) in [6.45, 7) is 4.03. The van der Waals surface area contributed by atoms with Gasteiger partial charge in [-0.1, -0.05) is 0 Å². The molecular weight excluding hydrogens is 344 g/mol. The number of aromatic nitrogens is 4. The smallest absolute Gasteiger partial charge is 0.255 e. The number of likely N-dealkylation sites (tertiary alicyclic amines) is 2. The second kappa shape index (κ2) is 7.82. The number of nitrogens with one attached hydrogen (secondary N) is 1. The van der Waals surface area contributed by atoms with E-state index in [2.05, 4.69) is 24.6 Å². The Labute approximate surface area is 159 Å². The van der Waals surface area contributed by atoms with E-state index in [9.17, 15) is 9.90 Å². The predicted molar refractivity (Wildman–Crippen MR) is 100 cm³/mol. The van der Waals surface area contributed by atoms with E-state index in [1.165, 1.54) is 0 Å². The molecule has 0 radical (unpaired) electrons. The standard InChI is InChI=1S/C19H28N6O2/c1-23-17(13-24-9-5-16(26)6-10-24)21-22-18(23)15-3-2-8-25(12-15)19(27)14-4-7-20-11-14/h4,7,11,15-16,20,26H,2-3,5-6,8-10,12-13H2,1H3/t15-/m0/s1. The lowest BCUT2D eigenvalue weighted by atomic mass is 9.96. The van der Waals surface area contributed by atoms with Crippen molar-refractivity contribution < 1.29 is 9.90 Å². The summed E-state index contributed by atoms with van der Waals surface area (Å²) in [5.74, 6) is 2.22. The van der Waals surface area contributed by atoms with Crippen LogP contribution >= 0.6 is 0 Å². The molecule has 8 nitrogen and oxygen atoms in total. The first-order valence-corrected chi connectivity index (χ1v) is 9.82. The fourth-order valence-corrected chi connectivity index (χ4v) is 4.16. The molecule has 0 aliphatic carbocycles. The zero-order chi connectivity index (χ0) is 18.8. The number of piperidine rings is 2. The van der Waals surface area contributed by atoms with Gasteiger partial charge in [0.15, 0.2) is 0 Å². The molecule has 1 atom stereocenters. The number of aromatic amines is 1. The molecule has 2 saturated heterocycles. The highest BCUT2D eigenvalue weighted by atomic mass is 16.3. The fourth-order valence-electron chi connectivity index (χ4n) is 4.16. The average Bonchev–Trinajstić information content (AvgIpc) is 3.34. The molecule has 0 saturated carbocycles. The van der Waals surface area contributed by atoms with Crippen LogP contribution in [0.1, 0.15) is 53.6 Å². The molecule has 2 aliphatic rings. The van der Waals surface area contributed by atoms with Crippen molar-refractivity contribution >= 4 is 5.91 Å². The third-order valence-electron chi connectivity index (χ3n) is 5.84. The molecule has 2 aromatic rings. The maximum Gasteiger partial charge on any atom is 0.255 e. The number of aliphatic hydroxyl groups excluding tert-OH is 1. The Kier molecular flexibility index (Phi) is 5.27. The first kappa shape index (κ1) is 18.2. The van der Waals surface area contributed by atoms with Crippen molar-refractivity contribution in [2.24, 2.45) is 7.05 Å². The summed E-state index contributed by atoms with van der Waals surface area (Å²) in [7, 11) is 2.02. The van der Waals surface area contributed by atoms with Crippen molar-refractivity contribution in [2.75, 3.05) is 26.2 Å². The largest absolute Gasteiger partial charge is 0.393 e. The number of nitrogens with zero attached hydrogens (tertiary/aromatic N) is 5. The molecule has 146 valence electrons. The quantitative estimate of drug-likeness (QED) is 0.839. The van der Waals surface area contributed by atoms with Gasteiger partial charge in [-0.05, 0) is 31.7 Å². The summed E-state index contributed by atoms with van der Waals surface area (Å²) < 4.78 is 2.10. The van der Waals surface area contributed by atoms with E-state index in [1.54, 1.807) is 12.4 Å². The van der Waals surface area contributed by atoms with Crippen molar-refractivity contribution in [3.63, 3.8) is 0 Å². The minimum atomic E-state index is -0.165. The highest BCUT2D eigenvalue weighted by Gasteiger charge is 2.29. The number of aliphatic hydroxyl groups is 1. The van der Waals surface area contributed by atoms with E-state index in [0.717, 1.165) is 63.5 Å². The molecule has 1 amide bonds. The van der Waals surface area contributed by atoms with E-state index in [0.29, 0.717) is 12.1 Å². The van der Waals surface area contributed by atoms with Crippen LogP contribution in [0.4, 0.5) is 0 Å². The van der Waals surface area contributed by atoms with Crippen molar-refractivity contribution in [3.05, 3.63) is 35.7 Å². The molecule has 2 fully saturated rings. The average molecular weight is 372 g/mol. The van der Waals surface area contributed by atoms with Crippen LogP contribution in [-0.2, 0) is 13.6 Å². The first-order valence-electron chi connectivity index (χ1n) is 9.82. The Morgan fingerprint density at radius 1 is 1.26 bits per heavy atom. The molecule has 4 heterocycles. The van der Waals surface area contributed by atoms with Crippen LogP contribution in [0.5, 0.6) is 0 Å². The third kappa shape index (κ3) is 3.91. The number of amides is 1. The van der Waals surface area contributed by atoms with E-state index in [1.807, 2.05) is 18.0 Å². The zero-order valence-corrected chi connectivity index (χ0v) is 15.8. The van der Waals surface area contributed by atoms with Crippen molar-refractivity contribution in [3.8, 4) is 0 Å². The maximum absolute atomic E-state index is 12.7. The Balaban J connectivity index is 1.42. The third-order valence-corrected chi connectivity index (χ3v) is 5.84. The SMILES string of the molecule is Cn1c(CN2CCC(O)CC2)nnc1[C@H]1CCCN(C(=O)c2cc[nH]c2)C1. The number of rotatable bonds is 4. The van der Waals surface area contributed by atoms with Crippen LogP contribution in [0.15, 0.2) is 18.5 Å². The number of H-pyrrole nitrogens is 1. The van der Waals surface area contributed by atoms with Crippen molar-refractivity contribution in [1.29, 1.82) is 0 Å². The van der Waals surface area contributed by atoms with Gasteiger partial charge in [0, 0.05) is 51.5 Å². The van der Waals surface area contributed by atoms with Gasteiger partial charge in [0.1, 0.15) is 11.6 Å². The second-order valence-electron chi connectivity index (χ2n) is 7.73. The summed E-state index contributed by atoms with van der Waals surface area (Å²) >= 11 is 0. The summed E-state index contributed by atoms with van der Waals surface area (Å²) in [4.78, 5) is 19.9. The van der Waals surface area contributed by atoms with Gasteiger partial charge in [0.2, 0.25) is 0 Å². The van der Waals surface area contributed by atoms with E-state index in [4.69, 9.17) is 0 Å². The predicted octanol–water partition coefficient (Wildman–Crippen LogP) is 1.12. The molecule has 0 aromatic carbocycles. The number of carbonyl (C=O) groups excluding carboxylic acids is 1. The Bertz CT molecular complexity index is 763. The number of carbonyl (C=O) groups is 1. The number of hydrogen-bond acceptors (Lipinski definition) is 5. The lowest BCUT2D eigenvalue weighted by molar-refractivity contribution is 0.0702. The molecule has 0 bridgehead atoms. The van der Waals surface area contributed by atoms with Crippen LogP contribution in [0, 0.1) is 0 Å². The summed E-state index contributed by atoms with van der Waals surface area (Å²) in [5, 5.41) is 18.6. The Morgan fingerprint density at radius 2 is 2.07 bits per heavy atom. The van der Waals surface area contributed by atoms with Gasteiger partial charge in [-0.2, -0.15) is 0 Å². The first-order chi connectivity index (χ1) is 13.1. The Hall–Kier alpha value is -2.19. The van der Waals surface area contributed by atoms with Gasteiger partial charge in [-0.25, -0.2) is 0 Å². The van der Waals surface area contributed by atoms with Crippen LogP contribution < -0.4 is 0 Å². The molecule has 4 rings (SSSR count). The molecule has 0 spiro atoms. The fraction of sp³-hybridized carbons (Fsp3) is 0.632. The van der Waals surface area contributed by atoms with Gasteiger partial charge < -0.3 is 19.6 Å². The monoisotopic (exact) mass is 372 g/mol. The highest BCUT2D eigenvalue weighted by Crippen LogP contribution is 2.27.